The molecule has 0 unspecified atom stereocenters. The SMILES string of the molecule is Cc1ccc(/C=C/S(=O)(=O)NCC(=O)NCc2ccc(C(F)(F)F)cc2)cc1. The van der Waals surface area contributed by atoms with Crippen LogP contribution in [0.1, 0.15) is 22.3 Å². The number of rotatable bonds is 7. The summed E-state index contributed by atoms with van der Waals surface area (Å²) >= 11 is 0. The molecule has 0 atom stereocenters. The third kappa shape index (κ3) is 7.16. The number of amides is 1. The largest absolute Gasteiger partial charge is 0.416 e. The maximum absolute atomic E-state index is 12.5. The molecule has 0 aliphatic rings. The second-order valence-corrected chi connectivity index (χ2v) is 7.70. The standard InChI is InChI=1S/C19H19F3N2O3S/c1-14-2-4-15(5-3-14)10-11-28(26,27)24-13-18(25)23-12-16-6-8-17(9-7-16)19(20,21)22/h2-11,24H,12-13H2,1H3,(H,23,25)/b11-10+. The highest BCUT2D eigenvalue weighted by atomic mass is 32.2. The highest BCUT2D eigenvalue weighted by molar-refractivity contribution is 7.92. The highest BCUT2D eigenvalue weighted by Gasteiger charge is 2.29. The molecular weight excluding hydrogens is 393 g/mol. The summed E-state index contributed by atoms with van der Waals surface area (Å²) in [6.45, 7) is 1.41. The molecule has 0 bridgehead atoms. The minimum Gasteiger partial charge on any atom is -0.351 e. The molecule has 0 heterocycles. The lowest BCUT2D eigenvalue weighted by atomic mass is 10.1. The number of hydrogen-bond donors (Lipinski definition) is 2. The first kappa shape index (κ1) is 21.6. The van der Waals surface area contributed by atoms with Crippen molar-refractivity contribution in [2.45, 2.75) is 19.6 Å². The van der Waals surface area contributed by atoms with Gasteiger partial charge in [-0.25, -0.2) is 13.1 Å². The summed E-state index contributed by atoms with van der Waals surface area (Å²) in [4.78, 5) is 11.8. The predicted octanol–water partition coefficient (Wildman–Crippen LogP) is 3.22. The summed E-state index contributed by atoms with van der Waals surface area (Å²) in [5, 5.41) is 3.40. The fraction of sp³-hybridized carbons (Fsp3) is 0.211. The van der Waals surface area contributed by atoms with Gasteiger partial charge in [0.1, 0.15) is 0 Å². The van der Waals surface area contributed by atoms with E-state index in [1.807, 2.05) is 19.1 Å². The minimum atomic E-state index is -4.42. The molecule has 0 spiro atoms. The molecular formula is C19H19F3N2O3S. The van der Waals surface area contributed by atoms with E-state index in [9.17, 15) is 26.4 Å². The molecule has 9 heteroatoms. The molecule has 150 valence electrons. The molecule has 2 rings (SSSR count). The van der Waals surface area contributed by atoms with Crippen molar-refractivity contribution < 1.29 is 26.4 Å². The van der Waals surface area contributed by atoms with Crippen LogP contribution in [0.15, 0.2) is 53.9 Å². The Bertz CT molecular complexity index is 936. The average molecular weight is 412 g/mol. The maximum Gasteiger partial charge on any atom is 0.416 e. The molecule has 0 aliphatic carbocycles. The smallest absolute Gasteiger partial charge is 0.351 e. The van der Waals surface area contributed by atoms with Crippen molar-refractivity contribution >= 4 is 22.0 Å². The number of hydrogen-bond acceptors (Lipinski definition) is 3. The average Bonchev–Trinajstić information content (AvgIpc) is 2.64. The van der Waals surface area contributed by atoms with Crippen LogP contribution in [0.3, 0.4) is 0 Å². The summed E-state index contributed by atoms with van der Waals surface area (Å²) in [5.74, 6) is -0.604. The van der Waals surface area contributed by atoms with Gasteiger partial charge in [0.15, 0.2) is 0 Å². The van der Waals surface area contributed by atoms with E-state index in [1.54, 1.807) is 12.1 Å². The van der Waals surface area contributed by atoms with E-state index in [4.69, 9.17) is 0 Å². The van der Waals surface area contributed by atoms with Crippen molar-refractivity contribution in [2.24, 2.45) is 0 Å². The van der Waals surface area contributed by atoms with Gasteiger partial charge in [0.25, 0.3) is 0 Å². The van der Waals surface area contributed by atoms with Crippen molar-refractivity contribution in [1.29, 1.82) is 0 Å². The van der Waals surface area contributed by atoms with Crippen LogP contribution in [-0.2, 0) is 27.5 Å². The first-order valence-corrected chi connectivity index (χ1v) is 9.77. The maximum atomic E-state index is 12.5. The second-order valence-electron chi connectivity index (χ2n) is 6.05. The zero-order valence-corrected chi connectivity index (χ0v) is 15.8. The normalized spacial score (nSPS) is 12.3. The summed E-state index contributed by atoms with van der Waals surface area (Å²) < 4.78 is 63.4. The Balaban J connectivity index is 1.81. The first-order chi connectivity index (χ1) is 13.0. The van der Waals surface area contributed by atoms with Crippen molar-refractivity contribution in [2.75, 3.05) is 6.54 Å². The Labute approximate surface area is 161 Å². The molecule has 0 saturated carbocycles. The fourth-order valence-corrected chi connectivity index (χ4v) is 2.90. The summed E-state index contributed by atoms with van der Waals surface area (Å²) in [6.07, 6.45) is -3.02. The van der Waals surface area contributed by atoms with Crippen LogP contribution >= 0.6 is 0 Å². The van der Waals surface area contributed by atoms with Gasteiger partial charge in [-0.1, -0.05) is 42.0 Å². The Kier molecular flexibility index (Phi) is 6.98. The van der Waals surface area contributed by atoms with Gasteiger partial charge in [-0.2, -0.15) is 13.2 Å². The molecule has 5 nitrogen and oxygen atoms in total. The zero-order valence-electron chi connectivity index (χ0n) is 15.0. The van der Waals surface area contributed by atoms with Crippen LogP contribution in [0.25, 0.3) is 6.08 Å². The van der Waals surface area contributed by atoms with Crippen LogP contribution in [-0.4, -0.2) is 20.9 Å². The van der Waals surface area contributed by atoms with Crippen LogP contribution < -0.4 is 10.0 Å². The van der Waals surface area contributed by atoms with Crippen molar-refractivity contribution in [3.63, 3.8) is 0 Å². The summed E-state index contributed by atoms with van der Waals surface area (Å²) in [7, 11) is -3.81. The third-order valence-electron chi connectivity index (χ3n) is 3.72. The van der Waals surface area contributed by atoms with E-state index < -0.39 is 34.2 Å². The number of halogens is 3. The van der Waals surface area contributed by atoms with Gasteiger partial charge < -0.3 is 5.32 Å². The number of benzene rings is 2. The molecule has 0 aromatic heterocycles. The van der Waals surface area contributed by atoms with E-state index in [1.165, 1.54) is 18.2 Å². The Hall–Kier alpha value is -2.65. The van der Waals surface area contributed by atoms with Crippen molar-refractivity contribution in [3.05, 3.63) is 76.2 Å². The van der Waals surface area contributed by atoms with Crippen LogP contribution in [0.4, 0.5) is 13.2 Å². The molecule has 2 aromatic carbocycles. The van der Waals surface area contributed by atoms with Crippen LogP contribution in [0, 0.1) is 6.92 Å². The van der Waals surface area contributed by atoms with Crippen molar-refractivity contribution in [1.82, 2.24) is 10.0 Å². The summed E-state index contributed by atoms with van der Waals surface area (Å²) in [5.41, 5.74) is 1.42. The lowest BCUT2D eigenvalue weighted by Crippen LogP contribution is -2.35. The molecule has 28 heavy (non-hydrogen) atoms. The van der Waals surface area contributed by atoms with E-state index >= 15 is 0 Å². The lowest BCUT2D eigenvalue weighted by molar-refractivity contribution is -0.137. The zero-order chi connectivity index (χ0) is 20.8. The molecule has 2 N–H and O–H groups in total. The second kappa shape index (κ2) is 9.03. The highest BCUT2D eigenvalue weighted by Crippen LogP contribution is 2.29. The quantitative estimate of drug-likeness (QED) is 0.733. The number of alkyl halides is 3. The molecule has 0 aliphatic heterocycles. The Morgan fingerprint density at radius 3 is 2.21 bits per heavy atom. The number of sulfonamides is 1. The molecule has 0 saturated heterocycles. The first-order valence-electron chi connectivity index (χ1n) is 8.22. The lowest BCUT2D eigenvalue weighted by Gasteiger charge is -2.09. The van der Waals surface area contributed by atoms with E-state index in [0.29, 0.717) is 11.1 Å². The molecule has 1 amide bonds. The van der Waals surface area contributed by atoms with Crippen LogP contribution in [0.2, 0.25) is 0 Å². The van der Waals surface area contributed by atoms with Crippen LogP contribution in [0.5, 0.6) is 0 Å². The Morgan fingerprint density at radius 2 is 1.64 bits per heavy atom. The van der Waals surface area contributed by atoms with E-state index in [0.717, 1.165) is 23.1 Å². The minimum absolute atomic E-state index is 0.0160. The molecule has 2 aromatic rings. The third-order valence-corrected chi connectivity index (χ3v) is 4.76. The van der Waals surface area contributed by atoms with Gasteiger partial charge in [0, 0.05) is 12.0 Å². The van der Waals surface area contributed by atoms with Gasteiger partial charge in [-0.05, 0) is 36.3 Å². The van der Waals surface area contributed by atoms with Gasteiger partial charge in [-0.3, -0.25) is 4.79 Å². The summed E-state index contributed by atoms with van der Waals surface area (Å²) in [6, 6.07) is 11.5. The number of carbonyl (C=O) groups is 1. The van der Waals surface area contributed by atoms with Gasteiger partial charge in [0.05, 0.1) is 12.1 Å². The van der Waals surface area contributed by atoms with Crippen molar-refractivity contribution in [3.8, 4) is 0 Å². The number of nitrogens with one attached hydrogen (secondary N) is 2. The fourth-order valence-electron chi connectivity index (χ4n) is 2.13. The van der Waals surface area contributed by atoms with E-state index in [-0.39, 0.29) is 6.54 Å². The number of aryl methyl sites for hydroxylation is 1. The van der Waals surface area contributed by atoms with Gasteiger partial charge >= 0.3 is 6.18 Å². The number of carbonyl (C=O) groups excluding carboxylic acids is 1. The van der Waals surface area contributed by atoms with Gasteiger partial charge in [-0.15, -0.1) is 0 Å². The predicted molar refractivity (Wildman–Crippen MR) is 100 cm³/mol. The topological polar surface area (TPSA) is 75.3 Å². The molecule has 0 fully saturated rings. The van der Waals surface area contributed by atoms with E-state index in [2.05, 4.69) is 10.0 Å². The molecule has 0 radical (unpaired) electrons. The van der Waals surface area contributed by atoms with Gasteiger partial charge in [0.2, 0.25) is 15.9 Å². The monoisotopic (exact) mass is 412 g/mol. The Morgan fingerprint density at radius 1 is 1.04 bits per heavy atom.